The van der Waals surface area contributed by atoms with E-state index in [4.69, 9.17) is 16.0 Å². The third-order valence-electron chi connectivity index (χ3n) is 5.50. The summed E-state index contributed by atoms with van der Waals surface area (Å²) in [5.74, 6) is -0.0745. The van der Waals surface area contributed by atoms with Gasteiger partial charge in [-0.25, -0.2) is 0 Å². The van der Waals surface area contributed by atoms with Crippen molar-refractivity contribution in [2.24, 2.45) is 0 Å². The summed E-state index contributed by atoms with van der Waals surface area (Å²) >= 11 is 5.60. The molecule has 0 aliphatic carbocycles. The molecule has 2 heterocycles. The van der Waals surface area contributed by atoms with E-state index in [0.29, 0.717) is 43.1 Å². The van der Waals surface area contributed by atoms with E-state index in [-0.39, 0.29) is 30.6 Å². The molecule has 1 saturated heterocycles. The van der Waals surface area contributed by atoms with Crippen LogP contribution in [-0.2, 0) is 15.8 Å². The first-order valence-electron chi connectivity index (χ1n) is 10.4. The van der Waals surface area contributed by atoms with Gasteiger partial charge in [-0.1, -0.05) is 11.6 Å². The predicted molar refractivity (Wildman–Crippen MR) is 119 cm³/mol. The minimum absolute atomic E-state index is 0.000489. The van der Waals surface area contributed by atoms with E-state index < -0.39 is 22.7 Å². The number of piperazine rings is 1. The van der Waals surface area contributed by atoms with Gasteiger partial charge in [-0.2, -0.15) is 18.4 Å². The van der Waals surface area contributed by atoms with Gasteiger partial charge in [0.1, 0.15) is 17.4 Å². The average molecular weight is 498 g/mol. The molecule has 0 unspecified atom stereocenters. The first-order valence-corrected chi connectivity index (χ1v) is 10.8. The number of benzene rings is 1. The zero-order chi connectivity index (χ0) is 25.0. The van der Waals surface area contributed by atoms with Gasteiger partial charge >= 0.3 is 6.18 Å². The van der Waals surface area contributed by atoms with E-state index >= 15 is 0 Å². The fourth-order valence-electron chi connectivity index (χ4n) is 3.55. The first-order chi connectivity index (χ1) is 16.0. The summed E-state index contributed by atoms with van der Waals surface area (Å²) in [4.78, 5) is 28.4. The van der Waals surface area contributed by atoms with Gasteiger partial charge in [0.05, 0.1) is 23.7 Å². The van der Waals surface area contributed by atoms with E-state index in [9.17, 15) is 28.0 Å². The fourth-order valence-corrected chi connectivity index (χ4v) is 3.77. The predicted octanol–water partition coefficient (Wildman–Crippen LogP) is 3.64. The second kappa shape index (κ2) is 10.5. The molecule has 3 rings (SSSR count). The van der Waals surface area contributed by atoms with Crippen molar-refractivity contribution in [2.75, 3.05) is 49.9 Å². The van der Waals surface area contributed by atoms with Crippen molar-refractivity contribution in [1.82, 2.24) is 9.80 Å². The van der Waals surface area contributed by atoms with Crippen LogP contribution in [0, 0.1) is 25.2 Å². The molecule has 2 aromatic rings. The number of halogens is 4. The zero-order valence-corrected chi connectivity index (χ0v) is 19.3. The number of furan rings is 1. The van der Waals surface area contributed by atoms with Gasteiger partial charge in [-0.3, -0.25) is 24.7 Å². The summed E-state index contributed by atoms with van der Waals surface area (Å²) in [6, 6.07) is 5.22. The maximum atomic E-state index is 13.0. The Hall–Kier alpha value is -3.07. The standard InChI is InChI=1S/C22H23ClF3N5O3/c1-13-14(2)34-21(16(13)10-27)29-20(33)12-31-7-5-30(6-8-31)11-19(32)28-15-3-4-18(23)17(9-15)22(24,25)26/h3-4,9H,5-8,11-12H2,1-2H3,(H,28,32)(H,29,33). The molecular weight excluding hydrogens is 475 g/mol. The van der Waals surface area contributed by atoms with Gasteiger partial charge < -0.3 is 9.73 Å². The van der Waals surface area contributed by atoms with Gasteiger partial charge in [0.15, 0.2) is 0 Å². The molecule has 1 aromatic carbocycles. The second-order valence-electron chi connectivity index (χ2n) is 7.94. The van der Waals surface area contributed by atoms with Gasteiger partial charge in [0.2, 0.25) is 17.7 Å². The highest BCUT2D eigenvalue weighted by Gasteiger charge is 2.33. The molecule has 0 atom stereocenters. The molecule has 182 valence electrons. The molecule has 2 amide bonds. The molecule has 1 fully saturated rings. The molecular formula is C22H23ClF3N5O3. The highest BCUT2D eigenvalue weighted by atomic mass is 35.5. The number of aryl methyl sites for hydroxylation is 1. The summed E-state index contributed by atoms with van der Waals surface area (Å²) in [5, 5.41) is 13.9. The number of carbonyl (C=O) groups is 2. The number of alkyl halides is 3. The number of carbonyl (C=O) groups excluding carboxylic acids is 2. The maximum Gasteiger partial charge on any atom is 0.417 e. The SMILES string of the molecule is Cc1oc(NC(=O)CN2CCN(CC(=O)Nc3ccc(Cl)c(C(F)(F)F)c3)CC2)c(C#N)c1C. The highest BCUT2D eigenvalue weighted by Crippen LogP contribution is 2.36. The van der Waals surface area contributed by atoms with Gasteiger partial charge in [0, 0.05) is 37.4 Å². The Morgan fingerprint density at radius 1 is 1.09 bits per heavy atom. The Balaban J connectivity index is 1.46. The quantitative estimate of drug-likeness (QED) is 0.632. The molecule has 1 aliphatic rings. The van der Waals surface area contributed by atoms with Crippen molar-refractivity contribution in [1.29, 1.82) is 5.26 Å². The molecule has 12 heteroatoms. The first kappa shape index (κ1) is 25.6. The zero-order valence-electron chi connectivity index (χ0n) is 18.6. The van der Waals surface area contributed by atoms with Crippen LogP contribution in [0.25, 0.3) is 0 Å². The van der Waals surface area contributed by atoms with Crippen LogP contribution >= 0.6 is 11.6 Å². The fraction of sp³-hybridized carbons (Fsp3) is 0.409. The average Bonchev–Trinajstić information content (AvgIpc) is 3.02. The van der Waals surface area contributed by atoms with Crippen molar-refractivity contribution in [3.63, 3.8) is 0 Å². The molecule has 2 N–H and O–H groups in total. The summed E-state index contributed by atoms with van der Waals surface area (Å²) in [7, 11) is 0. The summed E-state index contributed by atoms with van der Waals surface area (Å²) < 4.78 is 44.4. The smallest absolute Gasteiger partial charge is 0.417 e. The Morgan fingerprint density at radius 2 is 1.65 bits per heavy atom. The monoisotopic (exact) mass is 497 g/mol. The Kier molecular flexibility index (Phi) is 7.86. The topological polar surface area (TPSA) is 102 Å². The lowest BCUT2D eigenvalue weighted by Crippen LogP contribution is -2.50. The molecule has 1 aliphatic heterocycles. The van der Waals surface area contributed by atoms with Gasteiger partial charge in [-0.05, 0) is 32.0 Å². The van der Waals surface area contributed by atoms with Crippen LogP contribution in [0.15, 0.2) is 22.6 Å². The van der Waals surface area contributed by atoms with Crippen molar-refractivity contribution >= 4 is 35.0 Å². The summed E-state index contributed by atoms with van der Waals surface area (Å²) in [5.41, 5.74) is -0.0274. The molecule has 8 nitrogen and oxygen atoms in total. The van der Waals surface area contributed by atoms with Crippen LogP contribution in [0.4, 0.5) is 24.7 Å². The summed E-state index contributed by atoms with van der Waals surface area (Å²) in [6.45, 7) is 5.57. The molecule has 0 saturated carbocycles. The minimum atomic E-state index is -4.62. The van der Waals surface area contributed by atoms with Crippen LogP contribution < -0.4 is 10.6 Å². The molecule has 1 aromatic heterocycles. The normalized spacial score (nSPS) is 15.1. The van der Waals surface area contributed by atoms with Crippen LogP contribution in [0.5, 0.6) is 0 Å². The highest BCUT2D eigenvalue weighted by molar-refractivity contribution is 6.31. The lowest BCUT2D eigenvalue weighted by molar-refractivity contribution is -0.137. The van der Waals surface area contributed by atoms with Crippen LogP contribution in [0.3, 0.4) is 0 Å². The van der Waals surface area contributed by atoms with Crippen molar-refractivity contribution < 1.29 is 27.2 Å². The third-order valence-corrected chi connectivity index (χ3v) is 5.83. The van der Waals surface area contributed by atoms with E-state index in [0.717, 1.165) is 12.1 Å². The number of anilines is 2. The number of nitrogens with one attached hydrogen (secondary N) is 2. The number of hydrogen-bond donors (Lipinski definition) is 2. The van der Waals surface area contributed by atoms with E-state index in [1.807, 2.05) is 15.9 Å². The molecule has 34 heavy (non-hydrogen) atoms. The Bertz CT molecular complexity index is 1120. The van der Waals surface area contributed by atoms with Crippen LogP contribution in [-0.4, -0.2) is 60.9 Å². The van der Waals surface area contributed by atoms with Crippen LogP contribution in [0.1, 0.15) is 22.5 Å². The number of nitriles is 1. The van der Waals surface area contributed by atoms with Gasteiger partial charge in [-0.15, -0.1) is 0 Å². The number of rotatable bonds is 6. The van der Waals surface area contributed by atoms with Crippen LogP contribution in [0.2, 0.25) is 5.02 Å². The lowest BCUT2D eigenvalue weighted by Gasteiger charge is -2.33. The number of nitrogens with zero attached hydrogens (tertiary/aromatic N) is 3. The van der Waals surface area contributed by atoms with Crippen molar-refractivity contribution in [3.8, 4) is 6.07 Å². The Labute approximate surface area is 199 Å². The third kappa shape index (κ3) is 6.28. The summed E-state index contributed by atoms with van der Waals surface area (Å²) in [6.07, 6.45) is -4.62. The Morgan fingerprint density at radius 3 is 2.18 bits per heavy atom. The molecule has 0 spiro atoms. The van der Waals surface area contributed by atoms with E-state index in [1.54, 1.807) is 13.8 Å². The second-order valence-corrected chi connectivity index (χ2v) is 8.35. The lowest BCUT2D eigenvalue weighted by atomic mass is 10.2. The maximum absolute atomic E-state index is 13.0. The van der Waals surface area contributed by atoms with E-state index in [2.05, 4.69) is 10.6 Å². The minimum Gasteiger partial charge on any atom is -0.444 e. The largest absolute Gasteiger partial charge is 0.444 e. The number of amides is 2. The molecule has 0 radical (unpaired) electrons. The number of hydrogen-bond acceptors (Lipinski definition) is 6. The molecule has 0 bridgehead atoms. The van der Waals surface area contributed by atoms with Crippen molar-refractivity contribution in [3.05, 3.63) is 45.7 Å². The van der Waals surface area contributed by atoms with E-state index in [1.165, 1.54) is 6.07 Å². The van der Waals surface area contributed by atoms with Gasteiger partial charge in [0.25, 0.3) is 0 Å². The van der Waals surface area contributed by atoms with Crippen molar-refractivity contribution in [2.45, 2.75) is 20.0 Å².